The van der Waals surface area contributed by atoms with Gasteiger partial charge in [0, 0.05) is 12.1 Å². The number of methoxy groups -OCH3 is 1. The van der Waals surface area contributed by atoms with Gasteiger partial charge < -0.3 is 19.5 Å². The molecule has 33 heavy (non-hydrogen) atoms. The largest absolute Gasteiger partial charge is 0.493 e. The summed E-state index contributed by atoms with van der Waals surface area (Å²) in [4.78, 5) is 11.9. The third kappa shape index (κ3) is 7.88. The summed E-state index contributed by atoms with van der Waals surface area (Å²) in [6.07, 6.45) is 2.27. The van der Waals surface area contributed by atoms with Crippen molar-refractivity contribution in [2.45, 2.75) is 20.3 Å². The summed E-state index contributed by atoms with van der Waals surface area (Å²) < 4.78 is 17.1. The highest BCUT2D eigenvalue weighted by molar-refractivity contribution is 5.90. The maximum Gasteiger partial charge on any atom is 0.339 e. The highest BCUT2D eigenvalue weighted by atomic mass is 16.5. The van der Waals surface area contributed by atoms with Crippen LogP contribution in [0.2, 0.25) is 0 Å². The molecule has 0 spiro atoms. The van der Waals surface area contributed by atoms with Gasteiger partial charge >= 0.3 is 6.03 Å². The van der Waals surface area contributed by atoms with E-state index in [2.05, 4.69) is 35.8 Å². The quantitative estimate of drug-likeness (QED) is 0.251. The highest BCUT2D eigenvalue weighted by Gasteiger charge is 2.06. The Morgan fingerprint density at radius 3 is 2.36 bits per heavy atom. The number of amides is 2. The minimum Gasteiger partial charge on any atom is -0.493 e. The van der Waals surface area contributed by atoms with Crippen LogP contribution in [0.5, 0.6) is 17.2 Å². The van der Waals surface area contributed by atoms with Gasteiger partial charge in [-0.1, -0.05) is 24.3 Å². The molecule has 7 nitrogen and oxygen atoms in total. The van der Waals surface area contributed by atoms with Crippen LogP contribution in [0.4, 0.5) is 10.5 Å². The van der Waals surface area contributed by atoms with Crippen molar-refractivity contribution in [2.75, 3.05) is 25.6 Å². The molecule has 0 aliphatic rings. The third-order valence-electron chi connectivity index (χ3n) is 4.61. The Bertz CT molecular complexity index is 1060. The van der Waals surface area contributed by atoms with Crippen LogP contribution in [0.3, 0.4) is 0 Å². The van der Waals surface area contributed by atoms with Crippen molar-refractivity contribution in [3.8, 4) is 17.2 Å². The standard InChI is InChI=1S/C26H29N3O4/c1-19-14-20(2)16-23(15-19)32-12-7-13-33-24-11-10-21(17-25(24)31-3)18-27-29-26(30)28-22-8-5-4-6-9-22/h4-6,8-11,14-18H,7,12-13H2,1-3H3,(H2,28,29,30)/b27-18+. The van der Waals surface area contributed by atoms with E-state index in [9.17, 15) is 4.79 Å². The molecule has 3 aromatic carbocycles. The number of nitrogens with zero attached hydrogens (tertiary/aromatic N) is 1. The first kappa shape index (κ1) is 23.7. The number of hydrazone groups is 1. The van der Waals surface area contributed by atoms with E-state index in [1.807, 2.05) is 42.5 Å². The number of hydrogen-bond donors (Lipinski definition) is 2. The highest BCUT2D eigenvalue weighted by Crippen LogP contribution is 2.27. The van der Waals surface area contributed by atoms with Gasteiger partial charge in [-0.15, -0.1) is 0 Å². The van der Waals surface area contributed by atoms with Gasteiger partial charge in [0.2, 0.25) is 0 Å². The molecule has 3 rings (SSSR count). The second-order valence-electron chi connectivity index (χ2n) is 7.47. The van der Waals surface area contributed by atoms with Gasteiger partial charge in [-0.3, -0.25) is 0 Å². The maximum absolute atomic E-state index is 11.9. The van der Waals surface area contributed by atoms with E-state index in [1.165, 1.54) is 17.3 Å². The average Bonchev–Trinajstić information content (AvgIpc) is 2.79. The van der Waals surface area contributed by atoms with Crippen LogP contribution in [0.25, 0.3) is 0 Å². The van der Waals surface area contributed by atoms with Gasteiger partial charge in [-0.05, 0) is 73.0 Å². The summed E-state index contributed by atoms with van der Waals surface area (Å²) in [5, 5.41) is 6.66. The Labute approximate surface area is 194 Å². The number of benzene rings is 3. The summed E-state index contributed by atoms with van der Waals surface area (Å²) in [5.74, 6) is 2.10. The maximum atomic E-state index is 11.9. The molecule has 0 unspecified atom stereocenters. The van der Waals surface area contributed by atoms with Crippen LogP contribution in [0.1, 0.15) is 23.1 Å². The Hall–Kier alpha value is -4.00. The number of carbonyl (C=O) groups excluding carboxylic acids is 1. The van der Waals surface area contributed by atoms with Crippen molar-refractivity contribution in [1.82, 2.24) is 5.43 Å². The normalized spacial score (nSPS) is 10.6. The number of ether oxygens (including phenoxy) is 3. The molecular weight excluding hydrogens is 418 g/mol. The number of urea groups is 1. The minimum absolute atomic E-state index is 0.424. The predicted molar refractivity (Wildman–Crippen MR) is 131 cm³/mol. The lowest BCUT2D eigenvalue weighted by Crippen LogP contribution is -2.24. The Kier molecular flexibility index (Phi) is 8.71. The van der Waals surface area contributed by atoms with Crippen LogP contribution < -0.4 is 25.0 Å². The lowest BCUT2D eigenvalue weighted by atomic mass is 10.1. The fraction of sp³-hybridized carbons (Fsp3) is 0.231. The van der Waals surface area contributed by atoms with Gasteiger partial charge in [-0.25, -0.2) is 10.2 Å². The Balaban J connectivity index is 1.44. The van der Waals surface area contributed by atoms with Crippen LogP contribution in [-0.4, -0.2) is 32.6 Å². The molecule has 0 atom stereocenters. The fourth-order valence-corrected chi connectivity index (χ4v) is 3.18. The molecule has 0 heterocycles. The van der Waals surface area contributed by atoms with Crippen LogP contribution >= 0.6 is 0 Å². The van der Waals surface area contributed by atoms with E-state index in [0.29, 0.717) is 30.4 Å². The first-order chi connectivity index (χ1) is 16.0. The molecule has 2 amide bonds. The van der Waals surface area contributed by atoms with Crippen LogP contribution in [-0.2, 0) is 0 Å². The number of rotatable bonds is 10. The number of carbonyl (C=O) groups is 1. The van der Waals surface area contributed by atoms with Gasteiger partial charge in [-0.2, -0.15) is 5.10 Å². The zero-order valence-electron chi connectivity index (χ0n) is 19.1. The van der Waals surface area contributed by atoms with Crippen molar-refractivity contribution in [3.05, 3.63) is 83.4 Å². The summed E-state index contributed by atoms with van der Waals surface area (Å²) in [7, 11) is 1.58. The zero-order valence-corrected chi connectivity index (χ0v) is 19.1. The Morgan fingerprint density at radius 1 is 0.909 bits per heavy atom. The molecule has 0 radical (unpaired) electrons. The van der Waals surface area contributed by atoms with Crippen molar-refractivity contribution in [2.24, 2.45) is 5.10 Å². The van der Waals surface area contributed by atoms with E-state index < -0.39 is 6.03 Å². The van der Waals surface area contributed by atoms with Crippen molar-refractivity contribution < 1.29 is 19.0 Å². The van der Waals surface area contributed by atoms with Crippen molar-refractivity contribution >= 4 is 17.9 Å². The summed E-state index contributed by atoms with van der Waals surface area (Å²) in [5.41, 5.74) is 6.25. The van der Waals surface area contributed by atoms with E-state index in [4.69, 9.17) is 14.2 Å². The number of anilines is 1. The second kappa shape index (κ2) is 12.1. The molecule has 172 valence electrons. The number of aryl methyl sites for hydroxylation is 2. The van der Waals surface area contributed by atoms with E-state index in [0.717, 1.165) is 17.7 Å². The topological polar surface area (TPSA) is 81.2 Å². The smallest absolute Gasteiger partial charge is 0.339 e. The molecule has 0 aliphatic carbocycles. The molecule has 0 bridgehead atoms. The van der Waals surface area contributed by atoms with E-state index in [1.54, 1.807) is 25.3 Å². The van der Waals surface area contributed by atoms with Gasteiger partial charge in [0.25, 0.3) is 0 Å². The van der Waals surface area contributed by atoms with Crippen molar-refractivity contribution in [1.29, 1.82) is 0 Å². The van der Waals surface area contributed by atoms with Crippen LogP contribution in [0, 0.1) is 13.8 Å². The second-order valence-corrected chi connectivity index (χ2v) is 7.47. The molecule has 0 fully saturated rings. The number of hydrogen-bond acceptors (Lipinski definition) is 5. The first-order valence-corrected chi connectivity index (χ1v) is 10.7. The fourth-order valence-electron chi connectivity index (χ4n) is 3.18. The van der Waals surface area contributed by atoms with Crippen molar-refractivity contribution in [3.63, 3.8) is 0 Å². The summed E-state index contributed by atoms with van der Waals surface area (Å²) in [6.45, 7) is 5.17. The molecule has 0 aromatic heterocycles. The minimum atomic E-state index is -0.424. The summed E-state index contributed by atoms with van der Waals surface area (Å²) >= 11 is 0. The molecule has 0 saturated carbocycles. The molecule has 3 aromatic rings. The number of para-hydroxylation sites is 1. The van der Waals surface area contributed by atoms with Crippen LogP contribution in [0.15, 0.2) is 71.8 Å². The first-order valence-electron chi connectivity index (χ1n) is 10.7. The molecule has 7 heteroatoms. The average molecular weight is 448 g/mol. The van der Waals surface area contributed by atoms with E-state index >= 15 is 0 Å². The number of nitrogens with one attached hydrogen (secondary N) is 2. The predicted octanol–water partition coefficient (Wildman–Crippen LogP) is 5.32. The monoisotopic (exact) mass is 447 g/mol. The summed E-state index contributed by atoms with van der Waals surface area (Å²) in [6, 6.07) is 20.3. The van der Waals surface area contributed by atoms with Gasteiger partial charge in [0.1, 0.15) is 5.75 Å². The van der Waals surface area contributed by atoms with E-state index in [-0.39, 0.29) is 0 Å². The van der Waals surface area contributed by atoms with Gasteiger partial charge in [0.15, 0.2) is 11.5 Å². The lowest BCUT2D eigenvalue weighted by Gasteiger charge is -2.12. The molecular formula is C26H29N3O4. The molecule has 0 aliphatic heterocycles. The molecule has 2 N–H and O–H groups in total. The third-order valence-corrected chi connectivity index (χ3v) is 4.61. The zero-order chi connectivity index (χ0) is 23.5. The SMILES string of the molecule is COc1cc(/C=N/NC(=O)Nc2ccccc2)ccc1OCCCOc1cc(C)cc(C)c1. The van der Waals surface area contributed by atoms with Gasteiger partial charge in [0.05, 0.1) is 26.5 Å². The Morgan fingerprint density at radius 2 is 1.64 bits per heavy atom. The lowest BCUT2D eigenvalue weighted by molar-refractivity contribution is 0.240. The molecule has 0 saturated heterocycles.